The Hall–Kier alpha value is -2.61. The number of thiocarbonyl (C=S) groups is 1. The quantitative estimate of drug-likeness (QED) is 0.341. The molecule has 31 heavy (non-hydrogen) atoms. The highest BCUT2D eigenvalue weighted by Gasteiger charge is 2.30. The predicted molar refractivity (Wildman–Crippen MR) is 125 cm³/mol. The summed E-state index contributed by atoms with van der Waals surface area (Å²) in [5.41, 5.74) is 3.15. The molecular weight excluding hydrogens is 436 g/mol. The van der Waals surface area contributed by atoms with Gasteiger partial charge in [0.2, 0.25) is 0 Å². The highest BCUT2D eigenvalue weighted by molar-refractivity contribution is 7.80. The van der Waals surface area contributed by atoms with Crippen LogP contribution in [-0.4, -0.2) is 43.3 Å². The molecule has 0 aliphatic carbocycles. The van der Waals surface area contributed by atoms with Crippen molar-refractivity contribution in [2.24, 2.45) is 0 Å². The van der Waals surface area contributed by atoms with E-state index in [0.29, 0.717) is 46.9 Å². The lowest BCUT2D eigenvalue weighted by Gasteiger charge is -2.13. The number of hydrogen-bond donors (Lipinski definition) is 1. The molecule has 0 saturated carbocycles. The monoisotopic (exact) mass is 460 g/mol. The maximum Gasteiger partial charge on any atom is 0.276 e. The Labute approximate surface area is 192 Å². The lowest BCUT2D eigenvalue weighted by atomic mass is 10.1. The largest absolute Gasteiger partial charge is 0.496 e. The lowest BCUT2D eigenvalue weighted by molar-refractivity contribution is -0.122. The number of hydrogen-bond acceptors (Lipinski definition) is 5. The van der Waals surface area contributed by atoms with Gasteiger partial charge in [-0.05, 0) is 67.0 Å². The number of rotatable bonds is 9. The zero-order valence-electron chi connectivity index (χ0n) is 17.7. The van der Waals surface area contributed by atoms with Gasteiger partial charge in [0.1, 0.15) is 23.8 Å². The number of amides is 1. The van der Waals surface area contributed by atoms with E-state index >= 15 is 0 Å². The summed E-state index contributed by atoms with van der Waals surface area (Å²) in [6, 6.07) is 11.3. The number of nitrogens with one attached hydrogen (secondary N) is 1. The third kappa shape index (κ3) is 5.76. The first-order chi connectivity index (χ1) is 14.9. The van der Waals surface area contributed by atoms with E-state index < -0.39 is 0 Å². The van der Waals surface area contributed by atoms with Crippen LogP contribution in [0.2, 0.25) is 5.02 Å². The van der Waals surface area contributed by atoms with Gasteiger partial charge in [0, 0.05) is 25.8 Å². The highest BCUT2D eigenvalue weighted by atomic mass is 35.5. The zero-order chi connectivity index (χ0) is 22.4. The van der Waals surface area contributed by atoms with Crippen molar-refractivity contribution in [3.8, 4) is 11.5 Å². The molecular formula is C23H25ClN2O4S. The Morgan fingerprint density at radius 1 is 1.16 bits per heavy atom. The SMILES string of the molecule is COCCCN1C(=O)/C(=C\c2ccc(OC)c(COc3ccc(C)cc3Cl)c2)NC1=S. The van der Waals surface area contributed by atoms with Gasteiger partial charge in [-0.2, -0.15) is 0 Å². The second-order valence-corrected chi connectivity index (χ2v) is 7.88. The average Bonchev–Trinajstić information content (AvgIpc) is 3.00. The van der Waals surface area contributed by atoms with Crippen molar-refractivity contribution in [1.29, 1.82) is 0 Å². The molecule has 1 heterocycles. The summed E-state index contributed by atoms with van der Waals surface area (Å²) in [4.78, 5) is 14.2. The molecule has 1 fully saturated rings. The van der Waals surface area contributed by atoms with Gasteiger partial charge < -0.3 is 19.5 Å². The number of carbonyl (C=O) groups is 1. The van der Waals surface area contributed by atoms with Gasteiger partial charge in [0.05, 0.1) is 12.1 Å². The second-order valence-electron chi connectivity index (χ2n) is 7.09. The first-order valence-electron chi connectivity index (χ1n) is 9.82. The van der Waals surface area contributed by atoms with Crippen LogP contribution in [-0.2, 0) is 16.1 Å². The Kier molecular flexibility index (Phi) is 7.90. The van der Waals surface area contributed by atoms with E-state index in [1.54, 1.807) is 25.2 Å². The molecule has 0 aromatic heterocycles. The van der Waals surface area contributed by atoms with Crippen LogP contribution in [0, 0.1) is 6.92 Å². The minimum atomic E-state index is -0.152. The highest BCUT2D eigenvalue weighted by Crippen LogP contribution is 2.28. The zero-order valence-corrected chi connectivity index (χ0v) is 19.3. The van der Waals surface area contributed by atoms with Crippen molar-refractivity contribution in [3.05, 3.63) is 63.8 Å². The van der Waals surface area contributed by atoms with Crippen LogP contribution in [0.25, 0.3) is 6.08 Å². The Balaban J connectivity index is 1.77. The van der Waals surface area contributed by atoms with Crippen LogP contribution in [0.15, 0.2) is 42.1 Å². The normalized spacial score (nSPS) is 14.8. The molecule has 1 aliphatic heterocycles. The van der Waals surface area contributed by atoms with Crippen LogP contribution in [0.5, 0.6) is 11.5 Å². The Morgan fingerprint density at radius 2 is 1.94 bits per heavy atom. The van der Waals surface area contributed by atoms with E-state index in [4.69, 9.17) is 38.0 Å². The standard InChI is InChI=1S/C23H25ClN2O4S/c1-15-5-7-21(18(24)11-15)30-14-17-12-16(6-8-20(17)29-3)13-19-22(27)26(23(31)25-19)9-4-10-28-2/h5-8,11-13H,4,9-10,14H2,1-3H3,(H,25,31)/b19-13+. The molecule has 0 bridgehead atoms. The van der Waals surface area contributed by atoms with Crippen molar-refractivity contribution in [2.45, 2.75) is 20.0 Å². The van der Waals surface area contributed by atoms with Gasteiger partial charge in [-0.15, -0.1) is 0 Å². The van der Waals surface area contributed by atoms with Crippen molar-refractivity contribution >= 4 is 40.9 Å². The summed E-state index contributed by atoms with van der Waals surface area (Å²) in [7, 11) is 3.24. The van der Waals surface area contributed by atoms with Crippen LogP contribution >= 0.6 is 23.8 Å². The molecule has 164 valence electrons. The summed E-state index contributed by atoms with van der Waals surface area (Å²) in [6.45, 7) is 3.32. The summed E-state index contributed by atoms with van der Waals surface area (Å²) in [5.74, 6) is 1.14. The number of methoxy groups -OCH3 is 2. The van der Waals surface area contributed by atoms with Crippen LogP contribution < -0.4 is 14.8 Å². The van der Waals surface area contributed by atoms with Crippen LogP contribution in [0.1, 0.15) is 23.1 Å². The second kappa shape index (κ2) is 10.6. The van der Waals surface area contributed by atoms with E-state index in [9.17, 15) is 4.79 Å². The molecule has 0 atom stereocenters. The number of benzene rings is 2. The van der Waals surface area contributed by atoms with Gasteiger partial charge >= 0.3 is 0 Å². The fourth-order valence-electron chi connectivity index (χ4n) is 3.19. The molecule has 0 spiro atoms. The maximum atomic E-state index is 12.7. The number of nitrogens with zero attached hydrogens (tertiary/aromatic N) is 1. The molecule has 1 N–H and O–H groups in total. The van der Waals surface area contributed by atoms with Gasteiger partial charge in [0.15, 0.2) is 5.11 Å². The molecule has 1 aliphatic rings. The number of aryl methyl sites for hydroxylation is 1. The first-order valence-corrected chi connectivity index (χ1v) is 10.6. The van der Waals surface area contributed by atoms with Crippen molar-refractivity contribution in [2.75, 3.05) is 27.4 Å². The predicted octanol–water partition coefficient (Wildman–Crippen LogP) is 4.33. The van der Waals surface area contributed by atoms with Gasteiger partial charge in [-0.25, -0.2) is 0 Å². The fourth-order valence-corrected chi connectivity index (χ4v) is 3.76. The fraction of sp³-hybridized carbons (Fsp3) is 0.304. The number of ether oxygens (including phenoxy) is 3. The summed E-state index contributed by atoms with van der Waals surface area (Å²) >= 11 is 11.6. The van der Waals surface area contributed by atoms with Crippen molar-refractivity contribution in [3.63, 3.8) is 0 Å². The van der Waals surface area contributed by atoms with Crippen LogP contribution in [0.3, 0.4) is 0 Å². The number of carbonyl (C=O) groups excluding carboxylic acids is 1. The van der Waals surface area contributed by atoms with Crippen molar-refractivity contribution < 1.29 is 19.0 Å². The Bertz CT molecular complexity index is 1010. The molecule has 2 aromatic rings. The molecule has 0 radical (unpaired) electrons. The summed E-state index contributed by atoms with van der Waals surface area (Å²) < 4.78 is 16.4. The van der Waals surface area contributed by atoms with Crippen LogP contribution in [0.4, 0.5) is 0 Å². The van der Waals surface area contributed by atoms with Gasteiger partial charge in [0.25, 0.3) is 5.91 Å². The first kappa shape index (κ1) is 23.1. The summed E-state index contributed by atoms with van der Waals surface area (Å²) in [6.07, 6.45) is 2.48. The van der Waals surface area contributed by atoms with E-state index in [-0.39, 0.29) is 12.5 Å². The van der Waals surface area contributed by atoms with E-state index in [2.05, 4.69) is 5.32 Å². The Morgan fingerprint density at radius 3 is 2.65 bits per heavy atom. The van der Waals surface area contributed by atoms with Crippen molar-refractivity contribution in [1.82, 2.24) is 10.2 Å². The third-order valence-electron chi connectivity index (χ3n) is 4.78. The average molecular weight is 461 g/mol. The topological polar surface area (TPSA) is 60.0 Å². The molecule has 3 rings (SSSR count). The minimum Gasteiger partial charge on any atom is -0.496 e. The van der Waals surface area contributed by atoms with Gasteiger partial charge in [-0.3, -0.25) is 9.69 Å². The van der Waals surface area contributed by atoms with Gasteiger partial charge in [-0.1, -0.05) is 23.7 Å². The van der Waals surface area contributed by atoms with E-state index in [1.807, 2.05) is 43.3 Å². The lowest BCUT2D eigenvalue weighted by Crippen LogP contribution is -2.32. The smallest absolute Gasteiger partial charge is 0.276 e. The molecule has 1 amide bonds. The number of halogens is 1. The molecule has 1 saturated heterocycles. The minimum absolute atomic E-state index is 0.152. The van der Waals surface area contributed by atoms with E-state index in [1.165, 1.54) is 0 Å². The maximum absolute atomic E-state index is 12.7. The molecule has 2 aromatic carbocycles. The third-order valence-corrected chi connectivity index (χ3v) is 5.40. The molecule has 0 unspecified atom stereocenters. The summed E-state index contributed by atoms with van der Waals surface area (Å²) in [5, 5.41) is 3.95. The molecule has 6 nitrogen and oxygen atoms in total. The van der Waals surface area contributed by atoms with E-state index in [0.717, 1.165) is 16.7 Å². The molecule has 8 heteroatoms.